The monoisotopic (exact) mass is 257 g/mol. The van der Waals surface area contributed by atoms with Crippen molar-refractivity contribution in [1.82, 2.24) is 0 Å². The van der Waals surface area contributed by atoms with Gasteiger partial charge in [0.1, 0.15) is 6.54 Å². The molecule has 0 fully saturated rings. The molecule has 1 rings (SSSR count). The number of halogens is 1. The topological polar surface area (TPSA) is 55.7 Å². The van der Waals surface area contributed by atoms with Crippen LogP contribution in [0.1, 0.15) is 15.9 Å². The van der Waals surface area contributed by atoms with E-state index in [1.165, 1.54) is 7.11 Å². The second-order valence-corrected chi connectivity index (χ2v) is 3.45. The van der Waals surface area contributed by atoms with E-state index in [2.05, 4.69) is 25.8 Å². The smallest absolute Gasteiger partial charge is 0.339 e. The molecule has 0 saturated heterocycles. The number of ether oxygens (including phenoxy) is 1. The Balaban J connectivity index is 3.00. The maximum absolute atomic E-state index is 11.2. The van der Waals surface area contributed by atoms with Gasteiger partial charge in [-0.25, -0.2) is 4.79 Å². The summed E-state index contributed by atoms with van der Waals surface area (Å²) in [5.41, 5.74) is 1.18. The molecule has 0 N–H and O–H groups in total. The van der Waals surface area contributed by atoms with Crippen LogP contribution < -0.4 is 0 Å². The number of hydrogen-bond acceptors (Lipinski definition) is 4. The summed E-state index contributed by atoms with van der Waals surface area (Å²) in [5.74, 6) is -0.414. The van der Waals surface area contributed by atoms with Crippen LogP contribution in [0.25, 0.3) is 0 Å². The van der Waals surface area contributed by atoms with E-state index in [1.54, 1.807) is 18.2 Å². The van der Waals surface area contributed by atoms with E-state index in [9.17, 15) is 9.70 Å². The molecule has 1 aromatic rings. The van der Waals surface area contributed by atoms with E-state index in [0.717, 1.165) is 5.56 Å². The molecule has 5 heteroatoms. The normalized spacial score (nSPS) is 9.57. The minimum absolute atomic E-state index is 0.0973. The Hall–Kier alpha value is -1.23. The molecule has 1 aromatic carbocycles. The first-order valence-corrected chi connectivity index (χ1v) is 4.64. The minimum atomic E-state index is -0.414. The maximum Gasteiger partial charge on any atom is 0.339 e. The highest BCUT2D eigenvalue weighted by Gasteiger charge is 2.10. The summed E-state index contributed by atoms with van der Waals surface area (Å²) < 4.78 is 5.17. The molecule has 0 radical (unpaired) electrons. The Bertz CT molecular complexity index is 365. The van der Waals surface area contributed by atoms with Crippen LogP contribution in [0.15, 0.2) is 27.8 Å². The van der Waals surface area contributed by atoms with Gasteiger partial charge in [-0.15, -0.1) is 0 Å². The van der Waals surface area contributed by atoms with Crippen LogP contribution in [-0.2, 0) is 11.3 Å². The molecule has 0 aliphatic heterocycles. The van der Waals surface area contributed by atoms with E-state index >= 15 is 0 Å². The van der Waals surface area contributed by atoms with Crippen molar-refractivity contribution in [2.75, 3.05) is 7.11 Å². The lowest BCUT2D eigenvalue weighted by Crippen LogP contribution is -2.02. The second-order valence-electron chi connectivity index (χ2n) is 2.59. The molecule has 0 atom stereocenters. The molecule has 0 saturated carbocycles. The summed E-state index contributed by atoms with van der Waals surface area (Å²) in [5, 5.41) is 2.75. The van der Waals surface area contributed by atoms with Crippen LogP contribution in [0, 0.1) is 4.91 Å². The fraction of sp³-hybridized carbons (Fsp3) is 0.222. The number of carbonyl (C=O) groups is 1. The maximum atomic E-state index is 11.2. The van der Waals surface area contributed by atoms with Crippen molar-refractivity contribution in [1.29, 1.82) is 0 Å². The van der Waals surface area contributed by atoms with Gasteiger partial charge in [-0.05, 0) is 33.6 Å². The third-order valence-electron chi connectivity index (χ3n) is 1.69. The van der Waals surface area contributed by atoms with Gasteiger partial charge in [0.15, 0.2) is 0 Å². The van der Waals surface area contributed by atoms with Crippen LogP contribution in [0.4, 0.5) is 0 Å². The molecule has 0 unspecified atom stereocenters. The number of nitrogens with zero attached hydrogens (tertiary/aromatic N) is 1. The summed E-state index contributed by atoms with van der Waals surface area (Å²) in [4.78, 5) is 21.2. The molecule has 0 bridgehead atoms. The first-order valence-electron chi connectivity index (χ1n) is 3.85. The summed E-state index contributed by atoms with van der Waals surface area (Å²) in [7, 11) is 1.32. The summed E-state index contributed by atoms with van der Waals surface area (Å²) >= 11 is 3.21. The summed E-state index contributed by atoms with van der Waals surface area (Å²) in [6.45, 7) is 0.0973. The third-order valence-corrected chi connectivity index (χ3v) is 2.34. The molecule has 4 nitrogen and oxygen atoms in total. The highest BCUT2D eigenvalue weighted by Crippen LogP contribution is 2.19. The van der Waals surface area contributed by atoms with Crippen molar-refractivity contribution in [2.45, 2.75) is 6.54 Å². The first kappa shape index (κ1) is 10.8. The van der Waals surface area contributed by atoms with Gasteiger partial charge in [0.05, 0.1) is 12.7 Å². The fourth-order valence-corrected chi connectivity index (χ4v) is 1.60. The van der Waals surface area contributed by atoms with E-state index < -0.39 is 5.97 Å². The van der Waals surface area contributed by atoms with Crippen molar-refractivity contribution >= 4 is 21.9 Å². The number of carbonyl (C=O) groups excluding carboxylic acids is 1. The van der Waals surface area contributed by atoms with E-state index in [1.807, 2.05) is 0 Å². The minimum Gasteiger partial charge on any atom is -0.465 e. The van der Waals surface area contributed by atoms with Crippen LogP contribution in [0.5, 0.6) is 0 Å². The lowest BCUT2D eigenvalue weighted by molar-refractivity contribution is 0.0599. The molecular formula is C9H8BrNO3. The number of esters is 1. The van der Waals surface area contributed by atoms with Crippen LogP contribution in [-0.4, -0.2) is 13.1 Å². The molecule has 0 spiro atoms. The van der Waals surface area contributed by atoms with Gasteiger partial charge >= 0.3 is 5.97 Å². The summed E-state index contributed by atoms with van der Waals surface area (Å²) in [6.07, 6.45) is 0. The third kappa shape index (κ3) is 2.38. The SMILES string of the molecule is COC(=O)c1ccc(CN=O)cc1Br. The second kappa shape index (κ2) is 4.85. The lowest BCUT2D eigenvalue weighted by atomic mass is 10.1. The molecule has 74 valence electrons. The number of nitroso groups, excluding NO2 is 1. The van der Waals surface area contributed by atoms with Gasteiger partial charge in [0.25, 0.3) is 0 Å². The zero-order valence-corrected chi connectivity index (χ0v) is 9.08. The van der Waals surface area contributed by atoms with Gasteiger partial charge < -0.3 is 4.74 Å². The quantitative estimate of drug-likeness (QED) is 0.618. The number of methoxy groups -OCH3 is 1. The highest BCUT2D eigenvalue weighted by atomic mass is 79.9. The van der Waals surface area contributed by atoms with Gasteiger partial charge in [-0.1, -0.05) is 11.2 Å². The Labute approximate surface area is 89.4 Å². The molecule has 14 heavy (non-hydrogen) atoms. The van der Waals surface area contributed by atoms with Crippen molar-refractivity contribution in [3.63, 3.8) is 0 Å². The largest absolute Gasteiger partial charge is 0.465 e. The van der Waals surface area contributed by atoms with Crippen LogP contribution in [0.3, 0.4) is 0 Å². The molecule has 0 aliphatic rings. The van der Waals surface area contributed by atoms with Crippen molar-refractivity contribution in [3.8, 4) is 0 Å². The predicted molar refractivity (Wildman–Crippen MR) is 55.0 cm³/mol. The Kier molecular flexibility index (Phi) is 3.76. The van der Waals surface area contributed by atoms with Gasteiger partial charge in [0, 0.05) is 4.47 Å². The molecule has 0 amide bonds. The number of benzene rings is 1. The van der Waals surface area contributed by atoms with Crippen molar-refractivity contribution in [2.24, 2.45) is 5.18 Å². The zero-order valence-electron chi connectivity index (χ0n) is 7.49. The molecule has 0 aliphatic carbocycles. The van der Waals surface area contributed by atoms with Crippen LogP contribution in [0.2, 0.25) is 0 Å². The summed E-state index contributed by atoms with van der Waals surface area (Å²) in [6, 6.07) is 4.93. The van der Waals surface area contributed by atoms with E-state index in [4.69, 9.17) is 0 Å². The molecular weight excluding hydrogens is 250 g/mol. The lowest BCUT2D eigenvalue weighted by Gasteiger charge is -2.03. The van der Waals surface area contributed by atoms with Gasteiger partial charge in [-0.2, -0.15) is 4.91 Å². The number of rotatable bonds is 3. The van der Waals surface area contributed by atoms with E-state index in [0.29, 0.717) is 10.0 Å². The zero-order chi connectivity index (χ0) is 10.6. The number of hydrogen-bond donors (Lipinski definition) is 0. The molecule has 0 heterocycles. The average Bonchev–Trinajstić information content (AvgIpc) is 2.17. The van der Waals surface area contributed by atoms with Crippen molar-refractivity contribution < 1.29 is 9.53 Å². The Morgan fingerprint density at radius 1 is 1.57 bits per heavy atom. The Morgan fingerprint density at radius 2 is 2.29 bits per heavy atom. The van der Waals surface area contributed by atoms with Crippen LogP contribution >= 0.6 is 15.9 Å². The standard InChI is InChI=1S/C9H8BrNO3/c1-14-9(12)7-3-2-6(5-11-13)4-8(7)10/h2-4H,5H2,1H3. The molecule has 0 aromatic heterocycles. The van der Waals surface area contributed by atoms with Gasteiger partial charge in [0.2, 0.25) is 0 Å². The van der Waals surface area contributed by atoms with E-state index in [-0.39, 0.29) is 6.54 Å². The highest BCUT2D eigenvalue weighted by molar-refractivity contribution is 9.10. The predicted octanol–water partition coefficient (Wildman–Crippen LogP) is 2.50. The average molecular weight is 258 g/mol. The first-order chi connectivity index (χ1) is 6.69. The van der Waals surface area contributed by atoms with Gasteiger partial charge in [-0.3, -0.25) is 0 Å². The Morgan fingerprint density at radius 3 is 2.79 bits per heavy atom. The fourth-order valence-electron chi connectivity index (χ4n) is 1.01. The van der Waals surface area contributed by atoms with Crippen molar-refractivity contribution in [3.05, 3.63) is 38.7 Å².